The van der Waals surface area contributed by atoms with Gasteiger partial charge in [-0.15, -0.1) is 0 Å². The van der Waals surface area contributed by atoms with Gasteiger partial charge in [0.15, 0.2) is 0 Å². The van der Waals surface area contributed by atoms with Crippen molar-refractivity contribution in [1.29, 1.82) is 0 Å². The molecule has 1 atom stereocenters. The summed E-state index contributed by atoms with van der Waals surface area (Å²) >= 11 is 0. The number of hydrogen-bond acceptors (Lipinski definition) is 7. The van der Waals surface area contributed by atoms with Crippen molar-refractivity contribution in [3.05, 3.63) is 60.2 Å². The van der Waals surface area contributed by atoms with Gasteiger partial charge in [0.05, 0.1) is 6.92 Å². The van der Waals surface area contributed by atoms with E-state index in [9.17, 15) is 14.7 Å². The number of carbonyl (C=O) groups is 2. The minimum Gasteiger partial charge on any atom is -0.506 e. The summed E-state index contributed by atoms with van der Waals surface area (Å²) in [7, 11) is 0. The molecule has 1 aliphatic heterocycles. The fourth-order valence-electron chi connectivity index (χ4n) is 3.06. The molecule has 1 unspecified atom stereocenters. The molecule has 0 spiro atoms. The highest BCUT2D eigenvalue weighted by atomic mass is 16.9. The number of hydrogen-bond donors (Lipinski definition) is 1. The van der Waals surface area contributed by atoms with Crippen LogP contribution in [0.1, 0.15) is 24.2 Å². The van der Waals surface area contributed by atoms with Crippen LogP contribution in [-0.4, -0.2) is 23.0 Å². The third kappa shape index (κ3) is 3.07. The van der Waals surface area contributed by atoms with Crippen LogP contribution in [-0.2, 0) is 9.53 Å². The Kier molecular flexibility index (Phi) is 4.07. The molecule has 0 radical (unpaired) electrons. The summed E-state index contributed by atoms with van der Waals surface area (Å²) in [5.41, 5.74) is -0.124. The number of fused-ring (bicyclic) bond motifs is 2. The van der Waals surface area contributed by atoms with E-state index in [2.05, 4.69) is 0 Å². The van der Waals surface area contributed by atoms with Gasteiger partial charge in [0.1, 0.15) is 28.6 Å². The molecule has 142 valence electrons. The van der Waals surface area contributed by atoms with Crippen LogP contribution < -0.4 is 14.2 Å². The Morgan fingerprint density at radius 1 is 1.04 bits per heavy atom. The molecule has 0 saturated heterocycles. The smallest absolute Gasteiger partial charge is 0.416 e. The predicted octanol–water partition coefficient (Wildman–Crippen LogP) is 3.77. The van der Waals surface area contributed by atoms with Crippen molar-refractivity contribution in [3.63, 3.8) is 0 Å². The largest absolute Gasteiger partial charge is 0.506 e. The fourth-order valence-corrected chi connectivity index (χ4v) is 3.06. The maximum Gasteiger partial charge on any atom is 0.416 e. The molecule has 0 aromatic heterocycles. The van der Waals surface area contributed by atoms with Gasteiger partial charge < -0.3 is 24.1 Å². The number of aromatic hydroxyl groups is 1. The van der Waals surface area contributed by atoms with E-state index in [1.165, 1.54) is 19.9 Å². The molecule has 0 bridgehead atoms. The van der Waals surface area contributed by atoms with Gasteiger partial charge in [-0.25, -0.2) is 4.79 Å². The van der Waals surface area contributed by atoms with Gasteiger partial charge in [-0.3, -0.25) is 4.79 Å². The second-order valence-electron chi connectivity index (χ2n) is 6.31. The van der Waals surface area contributed by atoms with Crippen molar-refractivity contribution in [1.82, 2.24) is 0 Å². The molecular weight excluding hydrogens is 364 g/mol. The molecule has 0 aliphatic carbocycles. The zero-order valence-corrected chi connectivity index (χ0v) is 15.1. The summed E-state index contributed by atoms with van der Waals surface area (Å²) in [6.45, 7) is 2.72. The minimum atomic E-state index is -1.73. The highest BCUT2D eigenvalue weighted by molar-refractivity contribution is 6.06. The lowest BCUT2D eigenvalue weighted by molar-refractivity contribution is -0.263. The van der Waals surface area contributed by atoms with Crippen LogP contribution in [0.3, 0.4) is 0 Å². The highest BCUT2D eigenvalue weighted by Crippen LogP contribution is 2.44. The summed E-state index contributed by atoms with van der Waals surface area (Å²) in [6, 6.07) is 15.0. The number of rotatable bonds is 3. The van der Waals surface area contributed by atoms with Gasteiger partial charge >= 0.3 is 17.9 Å². The minimum absolute atomic E-state index is 0.0549. The van der Waals surface area contributed by atoms with Crippen LogP contribution in [0.4, 0.5) is 0 Å². The van der Waals surface area contributed by atoms with Crippen molar-refractivity contribution in [2.45, 2.75) is 19.8 Å². The molecule has 1 N–H and O–H groups in total. The van der Waals surface area contributed by atoms with Gasteiger partial charge in [-0.2, -0.15) is 0 Å². The first-order chi connectivity index (χ1) is 13.4. The summed E-state index contributed by atoms with van der Waals surface area (Å²) in [4.78, 5) is 24.0. The Morgan fingerprint density at radius 2 is 1.79 bits per heavy atom. The first kappa shape index (κ1) is 17.7. The third-order valence-electron chi connectivity index (χ3n) is 4.16. The Labute approximate surface area is 160 Å². The van der Waals surface area contributed by atoms with Crippen molar-refractivity contribution >= 4 is 22.7 Å². The quantitative estimate of drug-likeness (QED) is 0.546. The van der Waals surface area contributed by atoms with Crippen LogP contribution in [0.25, 0.3) is 10.8 Å². The summed E-state index contributed by atoms with van der Waals surface area (Å²) < 4.78 is 22.0. The molecule has 1 heterocycles. The van der Waals surface area contributed by atoms with Crippen LogP contribution in [0.2, 0.25) is 0 Å². The maximum absolute atomic E-state index is 12.6. The van der Waals surface area contributed by atoms with Crippen LogP contribution in [0.15, 0.2) is 54.6 Å². The average molecular weight is 380 g/mol. The monoisotopic (exact) mass is 380 g/mol. The average Bonchev–Trinajstić information content (AvgIpc) is 2.62. The molecule has 28 heavy (non-hydrogen) atoms. The van der Waals surface area contributed by atoms with E-state index in [-0.39, 0.29) is 22.8 Å². The lowest BCUT2D eigenvalue weighted by Crippen LogP contribution is -2.47. The fraction of sp³-hybridized carbons (Fsp3) is 0.143. The molecular formula is C21H16O7. The Balaban J connectivity index is 1.81. The van der Waals surface area contributed by atoms with Gasteiger partial charge in [-0.05, 0) is 24.3 Å². The molecule has 4 rings (SSSR count). The molecule has 3 aromatic carbocycles. The number of esters is 2. The van der Waals surface area contributed by atoms with E-state index in [1.807, 2.05) is 6.07 Å². The number of ether oxygens (including phenoxy) is 4. The molecule has 0 amide bonds. The second kappa shape index (κ2) is 6.45. The van der Waals surface area contributed by atoms with Crippen molar-refractivity contribution in [3.8, 4) is 23.0 Å². The Hall–Kier alpha value is -3.74. The molecule has 0 saturated carbocycles. The Bertz CT molecular complexity index is 1090. The zero-order chi connectivity index (χ0) is 19.9. The third-order valence-corrected chi connectivity index (χ3v) is 4.16. The molecule has 0 fully saturated rings. The summed E-state index contributed by atoms with van der Waals surface area (Å²) in [5.74, 6) is -2.64. The van der Waals surface area contributed by atoms with Gasteiger partial charge in [0.2, 0.25) is 0 Å². The zero-order valence-electron chi connectivity index (χ0n) is 15.1. The van der Waals surface area contributed by atoms with E-state index >= 15 is 0 Å². The number of carbonyl (C=O) groups excluding carboxylic acids is 2. The van der Waals surface area contributed by atoms with Crippen molar-refractivity contribution in [2.24, 2.45) is 0 Å². The van der Waals surface area contributed by atoms with Crippen LogP contribution in [0, 0.1) is 0 Å². The Morgan fingerprint density at radius 3 is 2.50 bits per heavy atom. The lowest BCUT2D eigenvalue weighted by Gasteiger charge is -2.34. The van der Waals surface area contributed by atoms with Gasteiger partial charge in [0, 0.05) is 17.7 Å². The van der Waals surface area contributed by atoms with E-state index < -0.39 is 17.9 Å². The maximum atomic E-state index is 12.6. The number of cyclic esters (lactones) is 1. The normalized spacial score (nSPS) is 18.0. The van der Waals surface area contributed by atoms with E-state index in [0.29, 0.717) is 16.5 Å². The standard InChI is InChI=1S/C21H16O7/c1-12(22)25-16-10-6-9-14-15(16)11-17-18(19(14)23)20(24)28-21(2,27-17)26-13-7-4-3-5-8-13/h3-11,23H,1-2H3. The van der Waals surface area contributed by atoms with Crippen molar-refractivity contribution < 1.29 is 33.6 Å². The van der Waals surface area contributed by atoms with Crippen molar-refractivity contribution in [2.75, 3.05) is 0 Å². The number of para-hydroxylation sites is 1. The molecule has 3 aromatic rings. The topological polar surface area (TPSA) is 91.3 Å². The number of phenolic OH excluding ortho intramolecular Hbond substituents is 1. The second-order valence-corrected chi connectivity index (χ2v) is 6.31. The lowest BCUT2D eigenvalue weighted by atomic mass is 10.0. The van der Waals surface area contributed by atoms with E-state index in [4.69, 9.17) is 18.9 Å². The van der Waals surface area contributed by atoms with E-state index in [0.717, 1.165) is 0 Å². The first-order valence-corrected chi connectivity index (χ1v) is 8.50. The molecule has 7 nitrogen and oxygen atoms in total. The summed E-state index contributed by atoms with van der Waals surface area (Å²) in [6.07, 6.45) is 0. The van der Waals surface area contributed by atoms with Gasteiger partial charge in [-0.1, -0.05) is 30.3 Å². The SMILES string of the molecule is CC(=O)Oc1cccc2c(O)c3c(cc12)OC(C)(Oc1ccccc1)OC3=O. The molecule has 1 aliphatic rings. The number of phenols is 1. The predicted molar refractivity (Wildman–Crippen MR) is 98.4 cm³/mol. The molecule has 7 heteroatoms. The van der Waals surface area contributed by atoms with Gasteiger partial charge in [0.25, 0.3) is 0 Å². The number of benzene rings is 3. The van der Waals surface area contributed by atoms with Crippen LogP contribution in [0.5, 0.6) is 23.0 Å². The summed E-state index contributed by atoms with van der Waals surface area (Å²) in [5, 5.41) is 11.4. The van der Waals surface area contributed by atoms with Crippen LogP contribution >= 0.6 is 0 Å². The van der Waals surface area contributed by atoms with E-state index in [1.54, 1.807) is 42.5 Å². The highest BCUT2D eigenvalue weighted by Gasteiger charge is 2.43. The first-order valence-electron chi connectivity index (χ1n) is 8.50.